The first-order valence-electron chi connectivity index (χ1n) is 14.1. The highest BCUT2D eigenvalue weighted by Crippen LogP contribution is 2.26. The van der Waals surface area contributed by atoms with Gasteiger partial charge in [0.25, 0.3) is 11.8 Å². The monoisotopic (exact) mass is 601 g/mol. The topological polar surface area (TPSA) is 264 Å². The Hall–Kier alpha value is -4.37. The average molecular weight is 602 g/mol. The summed E-state index contributed by atoms with van der Waals surface area (Å²) >= 11 is 0. The minimum atomic E-state index is -1.75. The van der Waals surface area contributed by atoms with Crippen molar-refractivity contribution in [2.45, 2.75) is 81.5 Å². The van der Waals surface area contributed by atoms with Crippen LogP contribution in [0.15, 0.2) is 30.3 Å². The molecule has 4 amide bonds. The minimum absolute atomic E-state index is 0.0552. The number of carbonyl (C=O) groups is 5. The number of benzene rings is 1. The highest BCUT2D eigenvalue weighted by Gasteiger charge is 2.42. The number of aliphatic carboxylic acids is 1. The fourth-order valence-electron chi connectivity index (χ4n) is 4.90. The van der Waals surface area contributed by atoms with Gasteiger partial charge in [0.05, 0.1) is 18.5 Å². The summed E-state index contributed by atoms with van der Waals surface area (Å²) in [6.45, 7) is -0.414. The summed E-state index contributed by atoms with van der Waals surface area (Å²) in [6, 6.07) is 3.77. The highest BCUT2D eigenvalue weighted by molar-refractivity contribution is 6.05. The summed E-state index contributed by atoms with van der Waals surface area (Å²) in [5.41, 5.74) is 16.4. The number of carboxylic acid groups (broad SMARTS) is 1. The number of hydrogen-bond donors (Lipinski definition) is 8. The van der Waals surface area contributed by atoms with Crippen LogP contribution in [0.3, 0.4) is 0 Å². The van der Waals surface area contributed by atoms with Crippen molar-refractivity contribution in [2.24, 2.45) is 17.2 Å². The molecule has 0 saturated heterocycles. The fraction of sp³-hybridized carbons (Fsp3) is 0.536. The summed E-state index contributed by atoms with van der Waals surface area (Å²) in [6.07, 6.45) is 3.89. The Morgan fingerprint density at radius 1 is 1.02 bits per heavy atom. The summed E-state index contributed by atoms with van der Waals surface area (Å²) < 4.78 is 0. The van der Waals surface area contributed by atoms with E-state index in [2.05, 4.69) is 16.0 Å². The molecule has 15 nitrogen and oxygen atoms in total. The van der Waals surface area contributed by atoms with Gasteiger partial charge in [-0.25, -0.2) is 0 Å². The number of nitrogens with one attached hydrogen (secondary N) is 4. The van der Waals surface area contributed by atoms with Crippen LogP contribution in [-0.2, 0) is 35.2 Å². The predicted molar refractivity (Wildman–Crippen MR) is 156 cm³/mol. The van der Waals surface area contributed by atoms with Crippen molar-refractivity contribution in [3.63, 3.8) is 0 Å². The van der Waals surface area contributed by atoms with Crippen molar-refractivity contribution in [2.75, 3.05) is 13.1 Å². The van der Waals surface area contributed by atoms with Crippen LogP contribution in [0.4, 0.5) is 0 Å². The molecule has 1 aromatic carbocycles. The lowest BCUT2D eigenvalue weighted by atomic mass is 9.81. The zero-order valence-electron chi connectivity index (χ0n) is 24.0. The number of carboxylic acids is 1. The maximum Gasteiger partial charge on any atom is 0.305 e. The molecule has 11 N–H and O–H groups in total. The molecule has 3 atom stereocenters. The molecule has 1 saturated carbocycles. The largest absolute Gasteiger partial charge is 0.481 e. The first-order chi connectivity index (χ1) is 20.4. The Morgan fingerprint density at radius 3 is 2.21 bits per heavy atom. The van der Waals surface area contributed by atoms with E-state index in [1.807, 2.05) is 0 Å². The maximum atomic E-state index is 14.2. The van der Waals surface area contributed by atoms with E-state index in [1.165, 1.54) is 0 Å². The lowest BCUT2D eigenvalue weighted by Crippen LogP contribution is -2.63. The summed E-state index contributed by atoms with van der Waals surface area (Å²) in [4.78, 5) is 77.9. The molecule has 235 valence electrons. The second-order valence-corrected chi connectivity index (χ2v) is 10.5. The molecule has 0 aromatic heterocycles. The summed E-state index contributed by atoms with van der Waals surface area (Å²) in [5, 5.41) is 24.2. The third kappa shape index (κ3) is 10.8. The Balaban J connectivity index is 2.52. The van der Waals surface area contributed by atoms with Gasteiger partial charge in [-0.1, -0.05) is 49.6 Å². The van der Waals surface area contributed by atoms with Crippen LogP contribution in [0.5, 0.6) is 0 Å². The van der Waals surface area contributed by atoms with E-state index in [1.54, 1.807) is 36.6 Å². The molecule has 0 heterocycles. The number of imide groups is 1. The second kappa shape index (κ2) is 16.9. The van der Waals surface area contributed by atoms with Gasteiger partial charge < -0.3 is 38.3 Å². The van der Waals surface area contributed by atoms with Gasteiger partial charge in [-0.2, -0.15) is 0 Å². The molecule has 43 heavy (non-hydrogen) atoms. The number of guanidine groups is 1. The van der Waals surface area contributed by atoms with E-state index < -0.39 is 66.2 Å². The molecule has 2 rings (SSSR count). The summed E-state index contributed by atoms with van der Waals surface area (Å²) in [5.74, 6) is -5.42. The third-order valence-electron chi connectivity index (χ3n) is 7.18. The first-order valence-corrected chi connectivity index (χ1v) is 14.1. The Kier molecular flexibility index (Phi) is 13.7. The molecule has 1 aliphatic carbocycles. The molecule has 0 bridgehead atoms. The summed E-state index contributed by atoms with van der Waals surface area (Å²) in [7, 11) is 0. The van der Waals surface area contributed by atoms with Crippen molar-refractivity contribution in [1.82, 2.24) is 20.9 Å². The molecule has 0 spiro atoms. The van der Waals surface area contributed by atoms with E-state index >= 15 is 0 Å². The molecular formula is C28H41N8O7. The normalized spacial score (nSPS) is 16.0. The Morgan fingerprint density at radius 2 is 1.65 bits per heavy atom. The van der Waals surface area contributed by atoms with Crippen LogP contribution in [-0.4, -0.2) is 88.6 Å². The van der Waals surface area contributed by atoms with E-state index in [0.717, 1.165) is 6.42 Å². The number of hydrogen-bond acceptors (Lipinski definition) is 9. The molecule has 0 unspecified atom stereocenters. The third-order valence-corrected chi connectivity index (χ3v) is 7.18. The molecule has 15 heteroatoms. The van der Waals surface area contributed by atoms with Crippen LogP contribution < -0.4 is 33.2 Å². The minimum Gasteiger partial charge on any atom is -0.481 e. The Bertz CT molecular complexity index is 1160. The number of nitrogens with zero attached hydrogens (tertiary/aromatic N) is 1. The van der Waals surface area contributed by atoms with Crippen molar-refractivity contribution >= 4 is 41.8 Å². The highest BCUT2D eigenvalue weighted by atomic mass is 16.4. The average Bonchev–Trinajstić information content (AvgIpc) is 2.98. The molecular weight excluding hydrogens is 560 g/mol. The van der Waals surface area contributed by atoms with Crippen LogP contribution >= 0.6 is 0 Å². The first kappa shape index (κ1) is 34.8. The van der Waals surface area contributed by atoms with Gasteiger partial charge in [0.15, 0.2) is 5.96 Å². The predicted octanol–water partition coefficient (Wildman–Crippen LogP) is -1.61. The van der Waals surface area contributed by atoms with Gasteiger partial charge in [0.1, 0.15) is 18.1 Å². The SMILES string of the molecule is N=C(N)NCCC[C@@H](NC(=O)C1(N)CCCCC1)C(=O)N(C(=O)[C@@H](CC(=O)O)NC(=O)CN)[C@@H]([C]=O)Cc1ccccc1. The van der Waals surface area contributed by atoms with Crippen LogP contribution in [0.1, 0.15) is 56.9 Å². The van der Waals surface area contributed by atoms with Gasteiger partial charge in [0, 0.05) is 13.0 Å². The van der Waals surface area contributed by atoms with E-state index in [9.17, 15) is 33.9 Å². The number of carbonyl (C=O) groups excluding carboxylic acids is 5. The molecule has 0 aliphatic heterocycles. The maximum absolute atomic E-state index is 14.2. The molecule has 1 fully saturated rings. The van der Waals surface area contributed by atoms with Crippen LogP contribution in [0, 0.1) is 5.41 Å². The van der Waals surface area contributed by atoms with Crippen molar-refractivity contribution in [3.8, 4) is 0 Å². The van der Waals surface area contributed by atoms with Gasteiger partial charge in [-0.3, -0.25) is 39.1 Å². The lowest BCUT2D eigenvalue weighted by Gasteiger charge is -2.36. The van der Waals surface area contributed by atoms with Gasteiger partial charge in [-0.05, 0) is 31.2 Å². The van der Waals surface area contributed by atoms with E-state index in [-0.39, 0.29) is 31.8 Å². The number of rotatable bonds is 16. The fourth-order valence-corrected chi connectivity index (χ4v) is 4.90. The van der Waals surface area contributed by atoms with E-state index in [4.69, 9.17) is 22.6 Å². The molecule has 1 aliphatic rings. The zero-order valence-corrected chi connectivity index (χ0v) is 24.0. The lowest BCUT2D eigenvalue weighted by molar-refractivity contribution is -0.153. The van der Waals surface area contributed by atoms with Crippen molar-refractivity contribution in [3.05, 3.63) is 35.9 Å². The second-order valence-electron chi connectivity index (χ2n) is 10.5. The van der Waals surface area contributed by atoms with Crippen LogP contribution in [0.2, 0.25) is 0 Å². The zero-order chi connectivity index (χ0) is 32.0. The number of nitrogens with two attached hydrogens (primary N) is 3. The van der Waals surface area contributed by atoms with Crippen LogP contribution in [0.25, 0.3) is 0 Å². The molecule has 1 radical (unpaired) electrons. The number of amides is 4. The van der Waals surface area contributed by atoms with E-state index in [0.29, 0.717) is 36.1 Å². The quantitative estimate of drug-likeness (QED) is 0.0607. The van der Waals surface area contributed by atoms with Crippen molar-refractivity contribution in [1.29, 1.82) is 5.41 Å². The van der Waals surface area contributed by atoms with Gasteiger partial charge >= 0.3 is 5.97 Å². The van der Waals surface area contributed by atoms with Gasteiger partial charge in [-0.15, -0.1) is 0 Å². The standard InChI is InChI=1S/C28H41N8O7/c29-16-22(38)34-21(15-23(39)40)25(42)36(19(17-37)14-18-8-3-1-4-9-18)24(41)20(10-7-13-33-27(30)31)35-26(43)28(32)11-5-2-6-12-28/h1,3-4,8-9,19-21H,2,5-7,10-16,29,32H2,(H,34,38)(H,35,43)(H,39,40)(H4,30,31,33)/t19-,20-,21-/m1/s1. The smallest absolute Gasteiger partial charge is 0.305 e. The molecule has 1 aromatic rings. The Labute approximate surface area is 249 Å². The van der Waals surface area contributed by atoms with Crippen molar-refractivity contribution < 1.29 is 33.9 Å². The van der Waals surface area contributed by atoms with Gasteiger partial charge in [0.2, 0.25) is 18.1 Å².